The Morgan fingerprint density at radius 3 is 2.66 bits per heavy atom. The first-order valence-electron chi connectivity index (χ1n) is 11.0. The molecule has 35 heavy (non-hydrogen) atoms. The standard InChI is InChI=1S/C24H22BrClN4O4S/c1-4-18(31)29-17-10-8-7-9-14(17)20-22(33)27-24(35-6-3)28-30(20)23(29)15-11-13(26)12-16(25)21(15)34-19(32)5-2/h7-12,23H,4-6H2,1-3H3. The zero-order valence-corrected chi connectivity index (χ0v) is 22.4. The molecule has 8 nitrogen and oxygen atoms in total. The number of aromatic nitrogens is 3. The van der Waals surface area contributed by atoms with Crippen molar-refractivity contribution < 1.29 is 24.1 Å². The van der Waals surface area contributed by atoms with Crippen molar-refractivity contribution in [2.45, 2.75) is 44.9 Å². The van der Waals surface area contributed by atoms with Crippen molar-refractivity contribution in [2.75, 3.05) is 10.7 Å². The van der Waals surface area contributed by atoms with Gasteiger partial charge in [-0.05, 0) is 45.9 Å². The fraction of sp³-hybridized carbons (Fsp3) is 0.292. The first-order valence-corrected chi connectivity index (χ1v) is 13.2. The van der Waals surface area contributed by atoms with Crippen molar-refractivity contribution in [1.29, 1.82) is 0 Å². The third-order valence-corrected chi connectivity index (χ3v) is 6.91. The summed E-state index contributed by atoms with van der Waals surface area (Å²) in [5.41, 5.74) is 1.70. The van der Waals surface area contributed by atoms with Crippen molar-refractivity contribution in [1.82, 2.24) is 10.1 Å². The van der Waals surface area contributed by atoms with Gasteiger partial charge in [-0.2, -0.15) is 0 Å². The summed E-state index contributed by atoms with van der Waals surface area (Å²) in [5.74, 6) is -0.280. The van der Waals surface area contributed by atoms with Gasteiger partial charge in [0.05, 0.1) is 27.2 Å². The average molecular weight is 578 g/mol. The number of hydrogen-bond acceptors (Lipinski definition) is 7. The Morgan fingerprint density at radius 2 is 1.97 bits per heavy atom. The predicted octanol–water partition coefficient (Wildman–Crippen LogP) is 4.65. The lowest BCUT2D eigenvalue weighted by Crippen LogP contribution is -2.59. The number of thioether (sulfide) groups is 1. The van der Waals surface area contributed by atoms with Crippen molar-refractivity contribution in [3.05, 3.63) is 51.5 Å². The molecule has 0 N–H and O–H groups in total. The van der Waals surface area contributed by atoms with Crippen LogP contribution in [0, 0.1) is 0 Å². The summed E-state index contributed by atoms with van der Waals surface area (Å²) in [4.78, 5) is 31.5. The van der Waals surface area contributed by atoms with E-state index in [9.17, 15) is 14.7 Å². The van der Waals surface area contributed by atoms with Crippen LogP contribution in [0.2, 0.25) is 5.02 Å². The molecule has 1 atom stereocenters. The van der Waals surface area contributed by atoms with Crippen LogP contribution in [0.25, 0.3) is 11.3 Å². The maximum atomic E-state index is 13.4. The zero-order valence-electron chi connectivity index (χ0n) is 19.2. The monoisotopic (exact) mass is 576 g/mol. The second kappa shape index (κ2) is 10.5. The minimum Gasteiger partial charge on any atom is -0.854 e. The summed E-state index contributed by atoms with van der Waals surface area (Å²) in [7, 11) is 0. The van der Waals surface area contributed by atoms with Gasteiger partial charge in [0.25, 0.3) is 17.0 Å². The maximum absolute atomic E-state index is 13.4. The molecule has 1 aliphatic rings. The molecule has 0 spiro atoms. The van der Waals surface area contributed by atoms with Crippen LogP contribution in [0.4, 0.5) is 5.69 Å². The highest BCUT2D eigenvalue weighted by molar-refractivity contribution is 9.10. The first-order chi connectivity index (χ1) is 16.8. The van der Waals surface area contributed by atoms with E-state index in [1.807, 2.05) is 6.92 Å². The third-order valence-electron chi connectivity index (χ3n) is 5.38. The Kier molecular flexibility index (Phi) is 7.63. The van der Waals surface area contributed by atoms with E-state index in [4.69, 9.17) is 16.3 Å². The molecule has 11 heteroatoms. The fourth-order valence-corrected chi connectivity index (χ4v) is 5.38. The number of esters is 1. The molecule has 0 saturated heterocycles. The summed E-state index contributed by atoms with van der Waals surface area (Å²) >= 11 is 11.2. The van der Waals surface area contributed by atoms with Gasteiger partial charge in [-0.1, -0.05) is 60.9 Å². The first kappa shape index (κ1) is 25.4. The number of amides is 1. The zero-order chi connectivity index (χ0) is 25.3. The number of fused-ring (bicyclic) bond motifs is 3. The lowest BCUT2D eigenvalue weighted by molar-refractivity contribution is -0.764. The highest BCUT2D eigenvalue weighted by Gasteiger charge is 2.46. The van der Waals surface area contributed by atoms with Gasteiger partial charge in [-0.25, -0.2) is 9.88 Å². The van der Waals surface area contributed by atoms with Gasteiger partial charge < -0.3 is 9.84 Å². The summed E-state index contributed by atoms with van der Waals surface area (Å²) in [6.45, 7) is 5.37. The molecule has 0 bridgehead atoms. The van der Waals surface area contributed by atoms with Crippen molar-refractivity contribution in [3.8, 4) is 22.9 Å². The lowest BCUT2D eigenvalue weighted by Gasteiger charge is -2.34. The van der Waals surface area contributed by atoms with Gasteiger partial charge in [0.1, 0.15) is 0 Å². The fourth-order valence-electron chi connectivity index (χ4n) is 3.91. The topological polar surface area (TPSA) is 99.3 Å². The number of carbonyl (C=O) groups excluding carboxylic acids is 2. The van der Waals surface area contributed by atoms with E-state index in [0.717, 1.165) is 0 Å². The SMILES string of the molecule is CCSc1nc([O-])c2[n+](n1)C(c1cc(Cl)cc(Br)c1OC(=O)CC)N(C(=O)CC)c1ccccc1-2. The molecule has 1 aromatic heterocycles. The van der Waals surface area contributed by atoms with Crippen molar-refractivity contribution >= 4 is 56.9 Å². The number of halogens is 2. The molecule has 1 unspecified atom stereocenters. The predicted molar refractivity (Wildman–Crippen MR) is 135 cm³/mol. The van der Waals surface area contributed by atoms with Crippen LogP contribution in [0.1, 0.15) is 45.3 Å². The molecule has 0 radical (unpaired) electrons. The lowest BCUT2D eigenvalue weighted by atomic mass is 10.0. The Bertz CT molecular complexity index is 1320. The number of hydrogen-bond donors (Lipinski definition) is 0. The Balaban J connectivity index is 2.10. The highest BCUT2D eigenvalue weighted by Crippen LogP contribution is 2.45. The van der Waals surface area contributed by atoms with Crippen LogP contribution >= 0.6 is 39.3 Å². The molecular weight excluding hydrogens is 556 g/mol. The van der Waals surface area contributed by atoms with Crippen LogP contribution < -0.4 is 19.4 Å². The molecular formula is C24H22BrClN4O4S. The van der Waals surface area contributed by atoms with E-state index in [1.165, 1.54) is 16.4 Å². The quantitative estimate of drug-likeness (QED) is 0.182. The molecule has 1 amide bonds. The van der Waals surface area contributed by atoms with Crippen molar-refractivity contribution in [3.63, 3.8) is 0 Å². The van der Waals surface area contributed by atoms with Gasteiger partial charge >= 0.3 is 5.97 Å². The van der Waals surface area contributed by atoms with E-state index in [0.29, 0.717) is 32.1 Å². The summed E-state index contributed by atoms with van der Waals surface area (Å²) in [6, 6.07) is 10.3. The van der Waals surface area contributed by atoms with Crippen LogP contribution in [0.5, 0.6) is 11.6 Å². The molecule has 1 aliphatic heterocycles. The maximum Gasteiger partial charge on any atom is 0.310 e. The van der Waals surface area contributed by atoms with Crippen LogP contribution in [0.15, 0.2) is 46.0 Å². The van der Waals surface area contributed by atoms with Crippen LogP contribution in [-0.2, 0) is 9.59 Å². The number of anilines is 1. The van der Waals surface area contributed by atoms with Gasteiger partial charge in [0.15, 0.2) is 5.75 Å². The largest absolute Gasteiger partial charge is 0.854 e. The van der Waals surface area contributed by atoms with E-state index in [-0.39, 0.29) is 35.3 Å². The molecule has 2 aromatic carbocycles. The Labute approximate surface area is 220 Å². The highest BCUT2D eigenvalue weighted by atomic mass is 79.9. The molecule has 2 heterocycles. The molecule has 0 saturated carbocycles. The van der Waals surface area contributed by atoms with E-state index in [1.54, 1.807) is 55.1 Å². The van der Waals surface area contributed by atoms with Crippen LogP contribution in [-0.4, -0.2) is 27.7 Å². The second-order valence-corrected chi connectivity index (χ2v) is 10.1. The van der Waals surface area contributed by atoms with Crippen molar-refractivity contribution in [2.24, 2.45) is 0 Å². The van der Waals surface area contributed by atoms with Gasteiger partial charge in [-0.3, -0.25) is 9.59 Å². The van der Waals surface area contributed by atoms with Gasteiger partial charge in [0, 0.05) is 23.0 Å². The number of carbonyl (C=O) groups is 2. The molecule has 4 rings (SSSR count). The summed E-state index contributed by atoms with van der Waals surface area (Å²) in [6.07, 6.45) is -0.611. The number of ether oxygens (including phenoxy) is 1. The van der Waals surface area contributed by atoms with Gasteiger partial charge in [0.2, 0.25) is 5.91 Å². The Morgan fingerprint density at radius 1 is 1.23 bits per heavy atom. The van der Waals surface area contributed by atoms with Crippen LogP contribution in [0.3, 0.4) is 0 Å². The van der Waals surface area contributed by atoms with Gasteiger partial charge in [-0.15, -0.1) is 0 Å². The van der Waals surface area contributed by atoms with E-state index in [2.05, 4.69) is 26.0 Å². The number of nitrogens with zero attached hydrogens (tertiary/aromatic N) is 4. The third kappa shape index (κ3) is 4.74. The summed E-state index contributed by atoms with van der Waals surface area (Å²) < 4.78 is 7.61. The smallest absolute Gasteiger partial charge is 0.310 e. The van der Waals surface area contributed by atoms with E-state index < -0.39 is 18.0 Å². The summed E-state index contributed by atoms with van der Waals surface area (Å²) in [5, 5.41) is 18.6. The minimum absolute atomic E-state index is 0.146. The molecule has 182 valence electrons. The number of rotatable bonds is 6. The molecule has 0 aliphatic carbocycles. The number of benzene rings is 2. The second-order valence-electron chi connectivity index (χ2n) is 7.57. The Hall–Kier alpha value is -2.69. The average Bonchev–Trinajstić information content (AvgIpc) is 2.84. The minimum atomic E-state index is -0.950. The van der Waals surface area contributed by atoms with E-state index >= 15 is 0 Å². The molecule has 0 fully saturated rings. The number of para-hydroxylation sites is 1. The normalized spacial score (nSPS) is 14.3. The molecule has 3 aromatic rings.